The van der Waals surface area contributed by atoms with E-state index in [4.69, 9.17) is 14.2 Å². The largest absolute Gasteiger partial charge is 0.494 e. The fourth-order valence-corrected chi connectivity index (χ4v) is 5.05. The van der Waals surface area contributed by atoms with E-state index in [2.05, 4.69) is 43.4 Å². The van der Waals surface area contributed by atoms with Crippen molar-refractivity contribution < 1.29 is 24.1 Å². The summed E-state index contributed by atoms with van der Waals surface area (Å²) in [6.07, 6.45) is 5.49. The molecular formula is C31H43NO5. The van der Waals surface area contributed by atoms with Crippen LogP contribution in [-0.4, -0.2) is 49.1 Å². The van der Waals surface area contributed by atoms with Gasteiger partial charge in [0.25, 0.3) is 0 Å². The molecule has 0 aliphatic heterocycles. The molecule has 2 aromatic carbocycles. The third-order valence-corrected chi connectivity index (χ3v) is 6.78. The zero-order valence-corrected chi connectivity index (χ0v) is 23.0. The Bertz CT molecular complexity index is 1020. The van der Waals surface area contributed by atoms with Crippen LogP contribution in [0.4, 0.5) is 0 Å². The molecule has 0 saturated carbocycles. The summed E-state index contributed by atoms with van der Waals surface area (Å²) < 4.78 is 16.7. The van der Waals surface area contributed by atoms with E-state index in [1.165, 1.54) is 17.2 Å². The summed E-state index contributed by atoms with van der Waals surface area (Å²) in [5.74, 6) is 0.966. The average molecular weight is 510 g/mol. The predicted molar refractivity (Wildman–Crippen MR) is 148 cm³/mol. The summed E-state index contributed by atoms with van der Waals surface area (Å²) >= 11 is 0. The van der Waals surface area contributed by atoms with Gasteiger partial charge in [0.2, 0.25) is 0 Å². The van der Waals surface area contributed by atoms with Gasteiger partial charge in [-0.1, -0.05) is 30.3 Å². The van der Waals surface area contributed by atoms with Gasteiger partial charge >= 0.3 is 5.97 Å². The van der Waals surface area contributed by atoms with Crippen molar-refractivity contribution in [1.82, 2.24) is 5.32 Å². The molecule has 2 atom stereocenters. The SMILES string of the molecule is CCOC(=O)C=Cc1ccc(OCC)cc1[C@@H](C)OC[C@H](O)CNC(C)(C)CC1Cc2ccccc2C1. The van der Waals surface area contributed by atoms with Crippen LogP contribution in [0, 0.1) is 5.92 Å². The zero-order chi connectivity index (χ0) is 26.8. The molecule has 2 N–H and O–H groups in total. The lowest BCUT2D eigenvalue weighted by Crippen LogP contribution is -2.45. The Morgan fingerprint density at radius 1 is 1.14 bits per heavy atom. The number of ether oxygens (including phenoxy) is 3. The first-order valence-corrected chi connectivity index (χ1v) is 13.4. The van der Waals surface area contributed by atoms with Crippen LogP contribution >= 0.6 is 0 Å². The second-order valence-electron chi connectivity index (χ2n) is 10.5. The minimum absolute atomic E-state index is 0.0871. The summed E-state index contributed by atoms with van der Waals surface area (Å²) in [4.78, 5) is 11.8. The van der Waals surface area contributed by atoms with E-state index in [1.54, 1.807) is 13.0 Å². The highest BCUT2D eigenvalue weighted by molar-refractivity contribution is 5.87. The van der Waals surface area contributed by atoms with Gasteiger partial charge in [-0.15, -0.1) is 0 Å². The van der Waals surface area contributed by atoms with Crippen molar-refractivity contribution in [1.29, 1.82) is 0 Å². The highest BCUT2D eigenvalue weighted by Crippen LogP contribution is 2.32. The van der Waals surface area contributed by atoms with Crippen LogP contribution in [0.25, 0.3) is 6.08 Å². The number of benzene rings is 2. The molecule has 0 spiro atoms. The third kappa shape index (κ3) is 8.99. The van der Waals surface area contributed by atoms with E-state index in [9.17, 15) is 9.90 Å². The minimum Gasteiger partial charge on any atom is -0.494 e. The van der Waals surface area contributed by atoms with Gasteiger partial charge in [-0.05, 0) is 100 Å². The van der Waals surface area contributed by atoms with Gasteiger partial charge in [0.05, 0.1) is 32.0 Å². The van der Waals surface area contributed by atoms with E-state index in [-0.39, 0.29) is 24.2 Å². The molecule has 0 fully saturated rings. The van der Waals surface area contributed by atoms with Crippen LogP contribution < -0.4 is 10.1 Å². The molecule has 202 valence electrons. The topological polar surface area (TPSA) is 77.0 Å². The van der Waals surface area contributed by atoms with Gasteiger partial charge in [0, 0.05) is 18.2 Å². The zero-order valence-electron chi connectivity index (χ0n) is 23.0. The Balaban J connectivity index is 1.52. The molecule has 0 amide bonds. The van der Waals surface area contributed by atoms with Gasteiger partial charge in [0.1, 0.15) is 5.75 Å². The standard InChI is InChI=1S/C31H43NO5/c1-6-35-28-14-12-24(13-15-30(34)36-7-2)29(18-28)22(3)37-21-27(33)20-32-31(4,5)19-23-16-25-10-8-9-11-26(25)17-23/h8-15,18,22-23,27,32-33H,6-7,16-17,19-21H2,1-5H3/t22-,27-/m1/s1. The van der Waals surface area contributed by atoms with Crippen LogP contribution in [0.5, 0.6) is 5.75 Å². The Morgan fingerprint density at radius 3 is 2.49 bits per heavy atom. The number of β-amino-alcohol motifs (C(OH)–C–C–N with tert-alkyl or cyclic N) is 1. The van der Waals surface area contributed by atoms with Crippen molar-refractivity contribution in [3.8, 4) is 5.75 Å². The Morgan fingerprint density at radius 2 is 1.84 bits per heavy atom. The summed E-state index contributed by atoms with van der Waals surface area (Å²) in [5, 5.41) is 14.2. The molecule has 0 unspecified atom stereocenters. The highest BCUT2D eigenvalue weighted by Gasteiger charge is 2.28. The van der Waals surface area contributed by atoms with Crippen LogP contribution in [-0.2, 0) is 27.1 Å². The second kappa shape index (κ2) is 13.8. The number of esters is 1. The molecule has 37 heavy (non-hydrogen) atoms. The number of aliphatic hydroxyl groups is 1. The molecule has 0 bridgehead atoms. The molecule has 6 heteroatoms. The summed E-state index contributed by atoms with van der Waals surface area (Å²) in [7, 11) is 0. The van der Waals surface area contributed by atoms with Gasteiger partial charge < -0.3 is 24.6 Å². The van der Waals surface area contributed by atoms with E-state index < -0.39 is 6.10 Å². The summed E-state index contributed by atoms with van der Waals surface area (Å²) in [5.41, 5.74) is 4.57. The third-order valence-electron chi connectivity index (χ3n) is 6.78. The molecular weight excluding hydrogens is 466 g/mol. The minimum atomic E-state index is -0.643. The number of fused-ring (bicyclic) bond motifs is 1. The first kappa shape index (κ1) is 28.9. The van der Waals surface area contributed by atoms with Crippen molar-refractivity contribution in [2.24, 2.45) is 5.92 Å². The lowest BCUT2D eigenvalue weighted by atomic mass is 9.88. The van der Waals surface area contributed by atoms with Gasteiger partial charge in [-0.25, -0.2) is 4.79 Å². The van der Waals surface area contributed by atoms with Crippen molar-refractivity contribution >= 4 is 12.0 Å². The molecule has 0 aromatic heterocycles. The van der Waals surface area contributed by atoms with Crippen molar-refractivity contribution in [3.05, 3.63) is 70.8 Å². The van der Waals surface area contributed by atoms with Gasteiger partial charge in [-0.3, -0.25) is 0 Å². The Labute approximate surface area is 222 Å². The quantitative estimate of drug-likeness (QED) is 0.267. The first-order valence-electron chi connectivity index (χ1n) is 13.4. The van der Waals surface area contributed by atoms with Gasteiger partial charge in [0.15, 0.2) is 0 Å². The summed E-state index contributed by atoms with van der Waals surface area (Å²) in [6, 6.07) is 14.4. The van der Waals surface area contributed by atoms with Crippen LogP contribution in [0.15, 0.2) is 48.5 Å². The van der Waals surface area contributed by atoms with Crippen LogP contribution in [0.2, 0.25) is 0 Å². The Hall–Kier alpha value is -2.67. The molecule has 0 radical (unpaired) electrons. The van der Waals surface area contributed by atoms with E-state index in [1.807, 2.05) is 32.0 Å². The average Bonchev–Trinajstić information content (AvgIpc) is 3.27. The molecule has 1 aliphatic carbocycles. The number of nitrogens with one attached hydrogen (secondary N) is 1. The first-order chi connectivity index (χ1) is 17.7. The number of carbonyl (C=O) groups excluding carboxylic acids is 1. The molecule has 3 rings (SSSR count). The van der Waals surface area contributed by atoms with Crippen molar-refractivity contribution in [3.63, 3.8) is 0 Å². The lowest BCUT2D eigenvalue weighted by molar-refractivity contribution is -0.137. The lowest BCUT2D eigenvalue weighted by Gasteiger charge is -2.31. The molecule has 0 saturated heterocycles. The predicted octanol–water partition coefficient (Wildman–Crippen LogP) is 5.27. The second-order valence-corrected chi connectivity index (χ2v) is 10.5. The van der Waals surface area contributed by atoms with Crippen LogP contribution in [0.1, 0.15) is 69.4 Å². The van der Waals surface area contributed by atoms with Crippen LogP contribution in [0.3, 0.4) is 0 Å². The number of hydrogen-bond donors (Lipinski definition) is 2. The maximum atomic E-state index is 11.8. The van der Waals surface area contributed by atoms with Crippen molar-refractivity contribution in [2.45, 2.75) is 71.6 Å². The van der Waals surface area contributed by atoms with Crippen molar-refractivity contribution in [2.75, 3.05) is 26.4 Å². The monoisotopic (exact) mass is 509 g/mol. The van der Waals surface area contributed by atoms with E-state index >= 15 is 0 Å². The highest BCUT2D eigenvalue weighted by atomic mass is 16.5. The maximum Gasteiger partial charge on any atom is 0.330 e. The smallest absolute Gasteiger partial charge is 0.330 e. The molecule has 6 nitrogen and oxygen atoms in total. The number of aliphatic hydroxyl groups excluding tert-OH is 1. The number of carbonyl (C=O) groups is 1. The van der Waals surface area contributed by atoms with E-state index in [0.29, 0.717) is 25.7 Å². The number of hydrogen-bond acceptors (Lipinski definition) is 6. The maximum absolute atomic E-state index is 11.8. The fraction of sp³-hybridized carbons (Fsp3) is 0.516. The fourth-order valence-electron chi connectivity index (χ4n) is 5.05. The molecule has 0 heterocycles. The normalized spacial score (nSPS) is 15.5. The summed E-state index contributed by atoms with van der Waals surface area (Å²) in [6.45, 7) is 11.6. The Kier molecular flexibility index (Phi) is 10.7. The molecule has 1 aliphatic rings. The molecule has 2 aromatic rings. The number of rotatable bonds is 14. The van der Waals surface area contributed by atoms with E-state index in [0.717, 1.165) is 36.1 Å². The van der Waals surface area contributed by atoms with Gasteiger partial charge in [-0.2, -0.15) is 0 Å².